The summed E-state index contributed by atoms with van der Waals surface area (Å²) in [7, 11) is 1.85. The molecule has 1 heterocycles. The molecule has 1 atom stereocenters. The van der Waals surface area contributed by atoms with Gasteiger partial charge >= 0.3 is 6.36 Å². The van der Waals surface area contributed by atoms with Crippen molar-refractivity contribution in [3.05, 3.63) is 54.3 Å². The number of rotatable bonds is 10. The number of allylic oxidation sites excluding steroid dienone is 3. The predicted molar refractivity (Wildman–Crippen MR) is 141 cm³/mol. The number of nitrogens with one attached hydrogen (secondary N) is 1. The van der Waals surface area contributed by atoms with Crippen LogP contribution in [0.2, 0.25) is 0 Å². The Balaban J connectivity index is 1.61. The van der Waals surface area contributed by atoms with Gasteiger partial charge in [-0.25, -0.2) is 4.99 Å². The molecule has 1 fully saturated rings. The molecule has 1 aliphatic rings. The third-order valence-electron chi connectivity index (χ3n) is 6.02. The smallest absolute Gasteiger partial charge is 0.406 e. The van der Waals surface area contributed by atoms with E-state index in [1.165, 1.54) is 29.5 Å². The molecular formula is C26H32F3N5OS. The molecule has 36 heavy (non-hydrogen) atoms. The van der Waals surface area contributed by atoms with Crippen LogP contribution in [0, 0.1) is 5.92 Å². The molecule has 10 heteroatoms. The summed E-state index contributed by atoms with van der Waals surface area (Å²) >= 11 is 1.32. The van der Waals surface area contributed by atoms with Crippen molar-refractivity contribution < 1.29 is 17.9 Å². The van der Waals surface area contributed by atoms with Crippen molar-refractivity contribution in [1.82, 2.24) is 10.2 Å². The highest BCUT2D eigenvalue weighted by Gasteiger charge is 2.31. The maximum absolute atomic E-state index is 12.6. The van der Waals surface area contributed by atoms with Gasteiger partial charge in [0.15, 0.2) is 0 Å². The fourth-order valence-corrected chi connectivity index (χ4v) is 4.97. The van der Waals surface area contributed by atoms with Gasteiger partial charge in [0.1, 0.15) is 5.75 Å². The average Bonchev–Trinajstić information content (AvgIpc) is 3.26. The van der Waals surface area contributed by atoms with Crippen LogP contribution in [0.4, 0.5) is 23.4 Å². The van der Waals surface area contributed by atoms with Gasteiger partial charge in [-0.1, -0.05) is 50.0 Å². The van der Waals surface area contributed by atoms with Gasteiger partial charge in [0.25, 0.3) is 0 Å². The van der Waals surface area contributed by atoms with E-state index in [1.54, 1.807) is 6.07 Å². The number of nitrogens with zero attached hydrogens (tertiary/aromatic N) is 4. The van der Waals surface area contributed by atoms with E-state index in [1.807, 2.05) is 14.0 Å². The number of halogens is 3. The first-order valence-electron chi connectivity index (χ1n) is 12.1. The van der Waals surface area contributed by atoms with Crippen molar-refractivity contribution in [2.45, 2.75) is 64.7 Å². The molecule has 0 spiro atoms. The third kappa shape index (κ3) is 8.01. The maximum Gasteiger partial charge on any atom is 0.573 e. The lowest BCUT2D eigenvalue weighted by Gasteiger charge is -2.23. The maximum atomic E-state index is 12.6. The number of aliphatic imine (C=N–C) groups is 2. The highest BCUT2D eigenvalue weighted by molar-refractivity contribution is 7.18. The normalized spacial score (nSPS) is 17.8. The molecule has 0 amide bonds. The van der Waals surface area contributed by atoms with E-state index in [2.05, 4.69) is 50.9 Å². The lowest BCUT2D eigenvalue weighted by Crippen LogP contribution is -2.20. The van der Waals surface area contributed by atoms with Crippen molar-refractivity contribution in [2.24, 2.45) is 15.9 Å². The van der Waals surface area contributed by atoms with E-state index >= 15 is 0 Å². The van der Waals surface area contributed by atoms with Gasteiger partial charge in [-0.2, -0.15) is 0 Å². The molecule has 1 aromatic heterocycles. The monoisotopic (exact) mass is 519 g/mol. The number of ether oxygens (including phenoxy) is 1. The molecule has 194 valence electrons. The van der Waals surface area contributed by atoms with Crippen LogP contribution in [0.5, 0.6) is 5.75 Å². The van der Waals surface area contributed by atoms with Gasteiger partial charge in [-0.15, -0.1) is 23.4 Å². The minimum atomic E-state index is -4.74. The van der Waals surface area contributed by atoms with Crippen molar-refractivity contribution in [3.63, 3.8) is 0 Å². The van der Waals surface area contributed by atoms with E-state index < -0.39 is 6.36 Å². The van der Waals surface area contributed by atoms with Crippen LogP contribution in [0.3, 0.4) is 0 Å². The summed E-state index contributed by atoms with van der Waals surface area (Å²) in [5, 5.41) is 12.6. The van der Waals surface area contributed by atoms with Crippen LogP contribution in [0.25, 0.3) is 0 Å². The number of benzene rings is 1. The van der Waals surface area contributed by atoms with Crippen LogP contribution in [-0.2, 0) is 0 Å². The van der Waals surface area contributed by atoms with Crippen LogP contribution >= 0.6 is 11.3 Å². The predicted octanol–water partition coefficient (Wildman–Crippen LogP) is 7.86. The molecule has 0 bridgehead atoms. The zero-order valence-electron chi connectivity index (χ0n) is 20.8. The Bertz CT molecular complexity index is 1110. The Labute approximate surface area is 214 Å². The van der Waals surface area contributed by atoms with E-state index in [0.29, 0.717) is 33.9 Å². The fraction of sp³-hybridized carbons (Fsp3) is 0.462. The summed E-state index contributed by atoms with van der Waals surface area (Å²) in [5.41, 5.74) is 3.54. The molecule has 0 aliphatic heterocycles. The van der Waals surface area contributed by atoms with Crippen molar-refractivity contribution in [2.75, 3.05) is 12.4 Å². The van der Waals surface area contributed by atoms with E-state index in [4.69, 9.17) is 4.99 Å². The molecule has 1 saturated carbocycles. The van der Waals surface area contributed by atoms with Crippen molar-refractivity contribution in [3.8, 4) is 5.75 Å². The second-order valence-corrected chi connectivity index (χ2v) is 9.49. The molecule has 0 saturated heterocycles. The van der Waals surface area contributed by atoms with Crippen LogP contribution in [0.15, 0.2) is 58.7 Å². The first-order valence-corrected chi connectivity index (χ1v) is 12.9. The van der Waals surface area contributed by atoms with E-state index in [9.17, 15) is 13.2 Å². The summed E-state index contributed by atoms with van der Waals surface area (Å²) in [6.07, 6.45) is 4.97. The van der Waals surface area contributed by atoms with Gasteiger partial charge in [-0.05, 0) is 62.3 Å². The van der Waals surface area contributed by atoms with Crippen LogP contribution in [-0.4, -0.2) is 35.0 Å². The molecule has 0 unspecified atom stereocenters. The van der Waals surface area contributed by atoms with Gasteiger partial charge < -0.3 is 10.1 Å². The van der Waals surface area contributed by atoms with E-state index in [0.717, 1.165) is 43.5 Å². The number of hydrogen-bond donors (Lipinski definition) is 1. The van der Waals surface area contributed by atoms with Gasteiger partial charge in [0.05, 0.1) is 0 Å². The molecule has 3 rings (SSSR count). The van der Waals surface area contributed by atoms with E-state index in [-0.39, 0.29) is 11.7 Å². The van der Waals surface area contributed by atoms with Gasteiger partial charge in [-0.3, -0.25) is 4.99 Å². The Hall–Kier alpha value is -3.01. The van der Waals surface area contributed by atoms with Gasteiger partial charge in [0.2, 0.25) is 10.3 Å². The Morgan fingerprint density at radius 1 is 1.28 bits per heavy atom. The third-order valence-corrected chi connectivity index (χ3v) is 6.75. The summed E-state index contributed by atoms with van der Waals surface area (Å²) in [6.45, 7) is 8.15. The Morgan fingerprint density at radius 2 is 2.03 bits per heavy atom. The fourth-order valence-electron chi connectivity index (χ4n) is 4.27. The van der Waals surface area contributed by atoms with Crippen LogP contribution < -0.4 is 10.1 Å². The minimum Gasteiger partial charge on any atom is -0.406 e. The first-order chi connectivity index (χ1) is 17.2. The largest absolute Gasteiger partial charge is 0.573 e. The summed E-state index contributed by atoms with van der Waals surface area (Å²) in [4.78, 5) is 9.16. The van der Waals surface area contributed by atoms with Crippen molar-refractivity contribution >= 4 is 33.0 Å². The first kappa shape index (κ1) is 27.6. The topological polar surface area (TPSA) is 71.8 Å². The molecule has 1 aromatic carbocycles. The molecule has 2 aromatic rings. The SMILES string of the molecule is C=C(Nc1nnc(N=C2CCC(C(/C=C\CC)=NC)CC2)s1)[C@@H](CC)c1cccc(OC(F)(F)F)c1. The van der Waals surface area contributed by atoms with Gasteiger partial charge in [0, 0.05) is 36.0 Å². The zero-order valence-corrected chi connectivity index (χ0v) is 21.6. The second-order valence-electron chi connectivity index (χ2n) is 8.53. The molecule has 6 nitrogen and oxygen atoms in total. The number of alkyl halides is 3. The quantitative estimate of drug-likeness (QED) is 0.324. The summed E-state index contributed by atoms with van der Waals surface area (Å²) in [5.74, 6) is -0.0293. The van der Waals surface area contributed by atoms with Crippen molar-refractivity contribution in [1.29, 1.82) is 0 Å². The standard InChI is InChI=1S/C26H32F3N5OS/c1-5-7-11-23(30-4)18-12-14-20(15-13-18)32-25-34-33-24(36-25)31-17(3)22(6-2)19-9-8-10-21(16-19)35-26(27,28)29/h7-11,16,18,22H,3,5-6,12-15H2,1-2,4H3,(H,31,33)/b11-7-,30-23?,32-20?/t18?,22-/m1/s1. The number of hydrogen-bond acceptors (Lipinski definition) is 7. The highest BCUT2D eigenvalue weighted by Crippen LogP contribution is 2.34. The second kappa shape index (κ2) is 12.8. The summed E-state index contributed by atoms with van der Waals surface area (Å²) in [6, 6.07) is 5.96. The Kier molecular flexibility index (Phi) is 9.81. The molecule has 1 N–H and O–H groups in total. The Morgan fingerprint density at radius 3 is 2.67 bits per heavy atom. The highest BCUT2D eigenvalue weighted by atomic mass is 32.1. The molecule has 0 radical (unpaired) electrons. The molecular weight excluding hydrogens is 487 g/mol. The summed E-state index contributed by atoms with van der Waals surface area (Å²) < 4.78 is 41.9. The van der Waals surface area contributed by atoms with Crippen LogP contribution in [0.1, 0.15) is 63.9 Å². The number of aromatic nitrogens is 2. The average molecular weight is 520 g/mol. The minimum absolute atomic E-state index is 0.230. The molecule has 1 aliphatic carbocycles. The number of anilines is 1. The lowest BCUT2D eigenvalue weighted by molar-refractivity contribution is -0.274. The lowest BCUT2D eigenvalue weighted by atomic mass is 9.84. The zero-order chi connectivity index (χ0) is 26.1.